The van der Waals surface area contributed by atoms with E-state index in [-0.39, 0.29) is 10.7 Å². The number of halogens is 3. The minimum absolute atomic E-state index is 0.0821. The number of thiazole rings is 1. The van der Waals surface area contributed by atoms with E-state index in [1.807, 2.05) is 30.3 Å². The zero-order valence-electron chi connectivity index (χ0n) is 10.3. The second-order valence-electron chi connectivity index (χ2n) is 4.80. The maximum Gasteiger partial charge on any atom is 0.443 e. The van der Waals surface area contributed by atoms with E-state index < -0.39 is 16.6 Å². The first-order chi connectivity index (χ1) is 9.43. The van der Waals surface area contributed by atoms with Crippen molar-refractivity contribution in [3.63, 3.8) is 0 Å². The first-order valence-electron chi connectivity index (χ1n) is 6.07. The molecule has 3 rings (SSSR count). The molecule has 1 saturated carbocycles. The predicted octanol–water partition coefficient (Wildman–Crippen LogP) is 4.08. The summed E-state index contributed by atoms with van der Waals surface area (Å²) in [5.41, 5.74) is 0.225. The van der Waals surface area contributed by atoms with Gasteiger partial charge in [-0.15, -0.1) is 11.3 Å². The van der Waals surface area contributed by atoms with E-state index in [0.717, 1.165) is 11.8 Å². The molecule has 0 unspecified atom stereocenters. The molecule has 1 heterocycles. The van der Waals surface area contributed by atoms with Crippen molar-refractivity contribution >= 4 is 17.1 Å². The van der Waals surface area contributed by atoms with E-state index in [4.69, 9.17) is 0 Å². The lowest BCUT2D eigenvalue weighted by atomic mass is 9.91. The van der Waals surface area contributed by atoms with Crippen LogP contribution in [-0.4, -0.2) is 10.8 Å². The van der Waals surface area contributed by atoms with Gasteiger partial charge in [0, 0.05) is 6.20 Å². The van der Waals surface area contributed by atoms with Crippen LogP contribution in [0.15, 0.2) is 36.5 Å². The summed E-state index contributed by atoms with van der Waals surface area (Å²) in [4.78, 5) is 15.9. The van der Waals surface area contributed by atoms with Crippen molar-refractivity contribution in [1.82, 2.24) is 4.98 Å². The van der Waals surface area contributed by atoms with Gasteiger partial charge in [0.2, 0.25) is 0 Å². The van der Waals surface area contributed by atoms with Gasteiger partial charge in [0.15, 0.2) is 10.8 Å². The molecule has 1 fully saturated rings. The fraction of sp³-hybridized carbons (Fsp3) is 0.286. The van der Waals surface area contributed by atoms with E-state index in [1.165, 1.54) is 0 Å². The highest BCUT2D eigenvalue weighted by Gasteiger charge is 2.52. The van der Waals surface area contributed by atoms with Gasteiger partial charge < -0.3 is 0 Å². The molecule has 0 aliphatic heterocycles. The third kappa shape index (κ3) is 2.14. The zero-order chi connectivity index (χ0) is 14.4. The average molecular weight is 297 g/mol. The van der Waals surface area contributed by atoms with Gasteiger partial charge in [-0.05, 0) is 18.4 Å². The van der Waals surface area contributed by atoms with Gasteiger partial charge in [-0.25, -0.2) is 4.98 Å². The Balaban J connectivity index is 1.92. The molecule has 0 spiro atoms. The number of nitrogens with zero attached hydrogens (tertiary/aromatic N) is 1. The van der Waals surface area contributed by atoms with Gasteiger partial charge in [0.05, 0.1) is 10.3 Å². The van der Waals surface area contributed by atoms with Crippen molar-refractivity contribution in [1.29, 1.82) is 0 Å². The van der Waals surface area contributed by atoms with E-state index in [0.29, 0.717) is 24.2 Å². The summed E-state index contributed by atoms with van der Waals surface area (Å²) in [6.45, 7) is 0. The van der Waals surface area contributed by atoms with Crippen molar-refractivity contribution in [3.8, 4) is 0 Å². The minimum atomic E-state index is -4.49. The lowest BCUT2D eigenvalue weighted by Crippen LogP contribution is -2.19. The fourth-order valence-corrected chi connectivity index (χ4v) is 3.10. The van der Waals surface area contributed by atoms with Crippen molar-refractivity contribution in [2.45, 2.75) is 24.4 Å². The molecule has 20 heavy (non-hydrogen) atoms. The van der Waals surface area contributed by atoms with Crippen LogP contribution < -0.4 is 0 Å². The Morgan fingerprint density at radius 3 is 2.35 bits per heavy atom. The molecule has 0 amide bonds. The number of carbonyl (C=O) groups is 1. The Hall–Kier alpha value is -1.69. The van der Waals surface area contributed by atoms with E-state index in [2.05, 4.69) is 4.98 Å². The quantitative estimate of drug-likeness (QED) is 0.799. The van der Waals surface area contributed by atoms with Crippen LogP contribution >= 0.6 is 11.3 Å². The lowest BCUT2D eigenvalue weighted by molar-refractivity contribution is -0.137. The van der Waals surface area contributed by atoms with Crippen LogP contribution in [0.25, 0.3) is 0 Å². The highest BCUT2D eigenvalue weighted by atomic mass is 32.1. The van der Waals surface area contributed by atoms with Gasteiger partial charge in [0.1, 0.15) is 0 Å². The summed E-state index contributed by atoms with van der Waals surface area (Å²) in [5.74, 6) is -0.253. The monoisotopic (exact) mass is 297 g/mol. The van der Waals surface area contributed by atoms with Crippen LogP contribution in [-0.2, 0) is 11.6 Å². The Kier molecular flexibility index (Phi) is 2.93. The molecule has 0 bridgehead atoms. The molecule has 1 aromatic heterocycles. The molecule has 1 aliphatic rings. The van der Waals surface area contributed by atoms with E-state index in [9.17, 15) is 18.0 Å². The largest absolute Gasteiger partial charge is 0.443 e. The maximum absolute atomic E-state index is 12.5. The Morgan fingerprint density at radius 2 is 1.85 bits per heavy atom. The summed E-state index contributed by atoms with van der Waals surface area (Å²) in [6.07, 6.45) is -2.10. The molecule has 0 radical (unpaired) electrons. The molecular weight excluding hydrogens is 287 g/mol. The lowest BCUT2D eigenvalue weighted by Gasteiger charge is -2.12. The second kappa shape index (κ2) is 4.41. The number of carbonyl (C=O) groups excluding carboxylic acids is 1. The number of benzene rings is 1. The molecular formula is C14H10F3NOS. The van der Waals surface area contributed by atoms with Crippen LogP contribution in [0.3, 0.4) is 0 Å². The highest BCUT2D eigenvalue weighted by molar-refractivity contribution is 7.13. The van der Waals surface area contributed by atoms with Crippen molar-refractivity contribution in [3.05, 3.63) is 52.0 Å². The van der Waals surface area contributed by atoms with E-state index >= 15 is 0 Å². The summed E-state index contributed by atoms with van der Waals surface area (Å²) in [7, 11) is 0. The Bertz CT molecular complexity index is 644. The van der Waals surface area contributed by atoms with Gasteiger partial charge >= 0.3 is 6.18 Å². The average Bonchev–Trinajstić information content (AvgIpc) is 3.07. The smallest absolute Gasteiger partial charge is 0.292 e. The Morgan fingerprint density at radius 1 is 1.20 bits per heavy atom. The molecule has 104 valence electrons. The SMILES string of the molecule is O=C(c1cnc(C(F)(F)F)s1)C1(c2ccccc2)CC1. The van der Waals surface area contributed by atoms with Crippen molar-refractivity contribution < 1.29 is 18.0 Å². The number of alkyl halides is 3. The standard InChI is InChI=1S/C14H10F3NOS/c15-14(16,17)12-18-8-10(20-12)11(19)13(6-7-13)9-4-2-1-3-5-9/h1-5,8H,6-7H2. The first kappa shape index (κ1) is 13.3. The fourth-order valence-electron chi connectivity index (χ4n) is 2.27. The highest BCUT2D eigenvalue weighted by Crippen LogP contribution is 2.51. The normalized spacial score (nSPS) is 16.9. The van der Waals surface area contributed by atoms with Crippen LogP contribution in [0, 0.1) is 0 Å². The van der Waals surface area contributed by atoms with Crippen LogP contribution in [0.1, 0.15) is 33.1 Å². The molecule has 2 nitrogen and oxygen atoms in total. The molecule has 6 heteroatoms. The van der Waals surface area contributed by atoms with Crippen LogP contribution in [0.5, 0.6) is 0 Å². The second-order valence-corrected chi connectivity index (χ2v) is 5.84. The number of rotatable bonds is 3. The molecule has 1 aromatic carbocycles. The number of Topliss-reactive ketones (excluding diaryl/α,β-unsaturated/α-hetero) is 1. The van der Waals surface area contributed by atoms with Crippen LogP contribution in [0.4, 0.5) is 13.2 Å². The first-order valence-corrected chi connectivity index (χ1v) is 6.88. The number of aromatic nitrogens is 1. The third-order valence-corrected chi connectivity index (χ3v) is 4.52. The minimum Gasteiger partial charge on any atom is -0.292 e. The zero-order valence-corrected chi connectivity index (χ0v) is 11.1. The Labute approximate surface area is 117 Å². The van der Waals surface area contributed by atoms with Crippen LogP contribution in [0.2, 0.25) is 0 Å². The number of hydrogen-bond acceptors (Lipinski definition) is 3. The van der Waals surface area contributed by atoms with Crippen molar-refractivity contribution in [2.75, 3.05) is 0 Å². The summed E-state index contributed by atoms with van der Waals surface area (Å²) >= 11 is 0.424. The molecule has 1 aliphatic carbocycles. The third-order valence-electron chi connectivity index (χ3n) is 3.48. The van der Waals surface area contributed by atoms with E-state index in [1.54, 1.807) is 0 Å². The number of ketones is 1. The van der Waals surface area contributed by atoms with Gasteiger partial charge in [0.25, 0.3) is 0 Å². The van der Waals surface area contributed by atoms with Gasteiger partial charge in [-0.1, -0.05) is 30.3 Å². The summed E-state index contributed by atoms with van der Waals surface area (Å²) in [5, 5.41) is -0.968. The topological polar surface area (TPSA) is 30.0 Å². The number of hydrogen-bond donors (Lipinski definition) is 0. The summed E-state index contributed by atoms with van der Waals surface area (Å²) in [6, 6.07) is 9.19. The summed E-state index contributed by atoms with van der Waals surface area (Å²) < 4.78 is 37.6. The van der Waals surface area contributed by atoms with Gasteiger partial charge in [-0.2, -0.15) is 13.2 Å². The molecule has 0 atom stereocenters. The predicted molar refractivity (Wildman–Crippen MR) is 68.8 cm³/mol. The molecule has 0 saturated heterocycles. The van der Waals surface area contributed by atoms with Crippen molar-refractivity contribution in [2.24, 2.45) is 0 Å². The molecule has 2 aromatic rings. The van der Waals surface area contributed by atoms with Gasteiger partial charge in [-0.3, -0.25) is 4.79 Å². The maximum atomic E-state index is 12.5. The molecule has 0 N–H and O–H groups in total.